The lowest BCUT2D eigenvalue weighted by atomic mass is 9.86. The van der Waals surface area contributed by atoms with E-state index < -0.39 is 0 Å². The first-order chi connectivity index (χ1) is 7.72. The molecule has 1 aliphatic rings. The maximum atomic E-state index is 11.8. The minimum absolute atomic E-state index is 0.135. The Hall–Kier alpha value is -1.35. The van der Waals surface area contributed by atoms with Crippen LogP contribution in [-0.4, -0.2) is 13.0 Å². The van der Waals surface area contributed by atoms with Gasteiger partial charge in [0.15, 0.2) is 0 Å². The van der Waals surface area contributed by atoms with Gasteiger partial charge in [0.2, 0.25) is 0 Å². The summed E-state index contributed by atoms with van der Waals surface area (Å²) in [7, 11) is 1.46. The molecule has 0 atom stereocenters. The van der Waals surface area contributed by atoms with Crippen LogP contribution in [-0.2, 0) is 17.7 Å². The molecule has 0 unspecified atom stereocenters. The summed E-state index contributed by atoms with van der Waals surface area (Å²) in [4.78, 5) is 16.5. The number of hydrogen-bond donors (Lipinski definition) is 1. The third kappa shape index (κ3) is 2.09. The molecule has 0 aliphatic heterocycles. The van der Waals surface area contributed by atoms with Gasteiger partial charge in [-0.1, -0.05) is 11.6 Å². The number of fused-ring (bicyclic) bond motifs is 1. The fraction of sp³-hybridized carbons (Fsp3) is 0.462. The number of carbonyl (C=O) groups is 1. The number of hydroxylamine groups is 1. The van der Waals surface area contributed by atoms with Gasteiger partial charge in [-0.2, -0.15) is 0 Å². The summed E-state index contributed by atoms with van der Waals surface area (Å²) < 4.78 is 0. The first-order valence-corrected chi connectivity index (χ1v) is 5.68. The topological polar surface area (TPSA) is 38.3 Å². The molecule has 16 heavy (non-hydrogen) atoms. The molecule has 0 spiro atoms. The minimum Gasteiger partial charge on any atom is -0.277 e. The van der Waals surface area contributed by atoms with Crippen LogP contribution in [0.25, 0.3) is 0 Å². The molecule has 0 bridgehead atoms. The Morgan fingerprint density at radius 1 is 1.31 bits per heavy atom. The highest BCUT2D eigenvalue weighted by molar-refractivity contribution is 5.95. The van der Waals surface area contributed by atoms with Crippen LogP contribution in [0.1, 0.15) is 39.9 Å². The van der Waals surface area contributed by atoms with E-state index >= 15 is 0 Å². The van der Waals surface area contributed by atoms with E-state index in [-0.39, 0.29) is 5.91 Å². The lowest BCUT2D eigenvalue weighted by Crippen LogP contribution is -2.24. The maximum absolute atomic E-state index is 11.8. The van der Waals surface area contributed by atoms with E-state index in [0.717, 1.165) is 24.0 Å². The van der Waals surface area contributed by atoms with E-state index in [2.05, 4.69) is 16.4 Å². The van der Waals surface area contributed by atoms with E-state index in [0.29, 0.717) is 0 Å². The average Bonchev–Trinajstić information content (AvgIpc) is 2.28. The van der Waals surface area contributed by atoms with E-state index in [4.69, 9.17) is 0 Å². The summed E-state index contributed by atoms with van der Waals surface area (Å²) >= 11 is 0. The van der Waals surface area contributed by atoms with Crippen molar-refractivity contribution in [2.45, 2.75) is 32.6 Å². The van der Waals surface area contributed by atoms with Gasteiger partial charge in [0.05, 0.1) is 7.11 Å². The van der Waals surface area contributed by atoms with Crippen LogP contribution in [0.4, 0.5) is 0 Å². The van der Waals surface area contributed by atoms with Gasteiger partial charge in [-0.05, 0) is 49.8 Å². The fourth-order valence-corrected chi connectivity index (χ4v) is 2.38. The smallest absolute Gasteiger partial charge is 0.275 e. The molecule has 1 N–H and O–H groups in total. The monoisotopic (exact) mass is 219 g/mol. The summed E-state index contributed by atoms with van der Waals surface area (Å²) in [6, 6.07) is 4.14. The molecule has 1 amide bonds. The molecule has 0 radical (unpaired) electrons. The first kappa shape index (κ1) is 11.1. The molecular weight excluding hydrogens is 202 g/mol. The number of hydrogen-bond acceptors (Lipinski definition) is 2. The summed E-state index contributed by atoms with van der Waals surface area (Å²) in [5.41, 5.74) is 6.84. The van der Waals surface area contributed by atoms with Crippen molar-refractivity contribution in [2.75, 3.05) is 7.11 Å². The Kier molecular flexibility index (Phi) is 3.25. The van der Waals surface area contributed by atoms with Crippen molar-refractivity contribution in [3.8, 4) is 0 Å². The summed E-state index contributed by atoms with van der Waals surface area (Å²) in [5, 5.41) is 0. The van der Waals surface area contributed by atoms with Crippen molar-refractivity contribution in [3.05, 3.63) is 34.4 Å². The number of benzene rings is 1. The Morgan fingerprint density at radius 3 is 2.81 bits per heavy atom. The van der Waals surface area contributed by atoms with Crippen LogP contribution in [0.15, 0.2) is 12.1 Å². The number of carbonyl (C=O) groups excluding carboxylic acids is 1. The van der Waals surface area contributed by atoms with Crippen molar-refractivity contribution in [1.29, 1.82) is 0 Å². The highest BCUT2D eigenvalue weighted by atomic mass is 16.6. The molecule has 1 aromatic rings. The molecule has 0 saturated carbocycles. The Labute approximate surface area is 95.8 Å². The highest BCUT2D eigenvalue weighted by Crippen LogP contribution is 2.26. The van der Waals surface area contributed by atoms with Crippen LogP contribution < -0.4 is 5.48 Å². The van der Waals surface area contributed by atoms with Gasteiger partial charge < -0.3 is 0 Å². The minimum atomic E-state index is -0.135. The molecule has 1 aliphatic carbocycles. The Morgan fingerprint density at radius 2 is 2.06 bits per heavy atom. The number of amides is 1. The second-order valence-electron chi connectivity index (χ2n) is 4.29. The van der Waals surface area contributed by atoms with Gasteiger partial charge >= 0.3 is 0 Å². The van der Waals surface area contributed by atoms with Gasteiger partial charge in [-0.25, -0.2) is 5.48 Å². The van der Waals surface area contributed by atoms with E-state index in [1.54, 1.807) is 0 Å². The van der Waals surface area contributed by atoms with E-state index in [1.165, 1.54) is 31.1 Å². The number of nitrogens with one attached hydrogen (secondary N) is 1. The molecule has 3 nitrogen and oxygen atoms in total. The Balaban J connectivity index is 2.43. The summed E-state index contributed by atoms with van der Waals surface area (Å²) in [6.45, 7) is 2.03. The molecule has 2 rings (SSSR count). The second kappa shape index (κ2) is 4.66. The largest absolute Gasteiger partial charge is 0.277 e. The zero-order valence-corrected chi connectivity index (χ0v) is 9.80. The number of rotatable bonds is 2. The summed E-state index contributed by atoms with van der Waals surface area (Å²) in [5.74, 6) is -0.135. The van der Waals surface area contributed by atoms with Gasteiger partial charge in [-0.3, -0.25) is 9.63 Å². The van der Waals surface area contributed by atoms with E-state index in [9.17, 15) is 4.79 Å². The highest BCUT2D eigenvalue weighted by Gasteiger charge is 2.18. The zero-order valence-electron chi connectivity index (χ0n) is 9.80. The van der Waals surface area contributed by atoms with Crippen LogP contribution in [0.3, 0.4) is 0 Å². The molecule has 86 valence electrons. The van der Waals surface area contributed by atoms with Crippen LogP contribution >= 0.6 is 0 Å². The van der Waals surface area contributed by atoms with Crippen molar-refractivity contribution in [3.63, 3.8) is 0 Å². The van der Waals surface area contributed by atoms with Gasteiger partial charge in [0.1, 0.15) is 0 Å². The maximum Gasteiger partial charge on any atom is 0.275 e. The predicted octanol–water partition coefficient (Wildman–Crippen LogP) is 2.17. The van der Waals surface area contributed by atoms with Gasteiger partial charge in [0, 0.05) is 5.56 Å². The second-order valence-corrected chi connectivity index (χ2v) is 4.29. The number of aryl methyl sites for hydroxylation is 2. The van der Waals surface area contributed by atoms with Crippen molar-refractivity contribution in [1.82, 2.24) is 5.48 Å². The van der Waals surface area contributed by atoms with Crippen molar-refractivity contribution in [2.24, 2.45) is 0 Å². The first-order valence-electron chi connectivity index (χ1n) is 5.68. The molecular formula is C13H17NO2. The van der Waals surface area contributed by atoms with Gasteiger partial charge in [0.25, 0.3) is 5.91 Å². The molecule has 3 heteroatoms. The molecule has 0 fully saturated rings. The standard InChI is InChI=1S/C13H17NO2/c1-9-7-10-5-3-4-6-11(10)12(8-9)13(15)14-16-2/h7-8H,3-6H2,1-2H3,(H,14,15). The van der Waals surface area contributed by atoms with Crippen molar-refractivity contribution >= 4 is 5.91 Å². The van der Waals surface area contributed by atoms with Crippen LogP contribution in [0, 0.1) is 6.92 Å². The van der Waals surface area contributed by atoms with Crippen LogP contribution in [0.5, 0.6) is 0 Å². The molecule has 1 aromatic carbocycles. The summed E-state index contributed by atoms with van der Waals surface area (Å²) in [6.07, 6.45) is 4.48. The quantitative estimate of drug-likeness (QED) is 0.774. The third-order valence-corrected chi connectivity index (χ3v) is 3.05. The van der Waals surface area contributed by atoms with E-state index in [1.807, 2.05) is 13.0 Å². The zero-order chi connectivity index (χ0) is 11.5. The van der Waals surface area contributed by atoms with Gasteiger partial charge in [-0.15, -0.1) is 0 Å². The Bertz CT molecular complexity index is 413. The third-order valence-electron chi connectivity index (χ3n) is 3.05. The lowest BCUT2D eigenvalue weighted by molar-refractivity contribution is 0.0536. The predicted molar refractivity (Wildman–Crippen MR) is 62.3 cm³/mol. The molecule has 0 heterocycles. The fourth-order valence-electron chi connectivity index (χ4n) is 2.38. The lowest BCUT2D eigenvalue weighted by Gasteiger charge is -2.19. The molecule has 0 aromatic heterocycles. The SMILES string of the molecule is CONC(=O)c1cc(C)cc2c1CCCC2. The normalized spacial score (nSPS) is 14.4. The average molecular weight is 219 g/mol. The van der Waals surface area contributed by atoms with Crippen LogP contribution in [0.2, 0.25) is 0 Å². The molecule has 0 saturated heterocycles. The van der Waals surface area contributed by atoms with Crippen molar-refractivity contribution < 1.29 is 9.63 Å².